The van der Waals surface area contributed by atoms with Crippen LogP contribution in [0.3, 0.4) is 0 Å². The van der Waals surface area contributed by atoms with Crippen LogP contribution in [0.1, 0.15) is 38.1 Å². The Balaban J connectivity index is 1.81. The van der Waals surface area contributed by atoms with E-state index in [2.05, 4.69) is 15.1 Å². The third kappa shape index (κ3) is 1.91. The maximum atomic E-state index is 5.75. The highest BCUT2D eigenvalue weighted by atomic mass is 16.5. The monoisotopic (exact) mass is 238 g/mol. The zero-order chi connectivity index (χ0) is 11.8. The van der Waals surface area contributed by atoms with Gasteiger partial charge in [0.15, 0.2) is 0 Å². The molecule has 0 aromatic carbocycles. The smallest absolute Gasteiger partial charge is 0.318 e. The number of ether oxygens (including phenoxy) is 1. The molecule has 2 aliphatic rings. The number of hydrogen-bond donors (Lipinski definition) is 1. The van der Waals surface area contributed by atoms with E-state index < -0.39 is 0 Å². The van der Waals surface area contributed by atoms with Crippen LogP contribution >= 0.6 is 0 Å². The van der Waals surface area contributed by atoms with E-state index in [1.165, 1.54) is 6.42 Å². The molecule has 1 aliphatic carbocycles. The van der Waals surface area contributed by atoms with Gasteiger partial charge in [-0.15, -0.1) is 5.10 Å². The molecule has 2 N–H and O–H groups in total. The second-order valence-electron chi connectivity index (χ2n) is 4.81. The molecule has 3 unspecified atom stereocenters. The summed E-state index contributed by atoms with van der Waals surface area (Å²) >= 11 is 0. The third-order valence-corrected chi connectivity index (χ3v) is 3.55. The van der Waals surface area contributed by atoms with Crippen molar-refractivity contribution in [3.05, 3.63) is 5.89 Å². The second-order valence-corrected chi connectivity index (χ2v) is 4.81. The van der Waals surface area contributed by atoms with Gasteiger partial charge in [0.25, 0.3) is 0 Å². The molecular formula is C11H18N4O2. The normalized spacial score (nSPS) is 30.4. The lowest BCUT2D eigenvalue weighted by Gasteiger charge is -2.36. The fraction of sp³-hybridized carbons (Fsp3) is 0.818. The molecule has 94 valence electrons. The van der Waals surface area contributed by atoms with E-state index in [-0.39, 0.29) is 6.04 Å². The highest BCUT2D eigenvalue weighted by Crippen LogP contribution is 2.32. The van der Waals surface area contributed by atoms with E-state index in [0.29, 0.717) is 24.1 Å². The number of anilines is 1. The van der Waals surface area contributed by atoms with Crippen LogP contribution in [0.5, 0.6) is 0 Å². The van der Waals surface area contributed by atoms with Crippen LogP contribution in [-0.2, 0) is 4.74 Å². The summed E-state index contributed by atoms with van der Waals surface area (Å²) in [5.41, 5.74) is 5.72. The number of nitrogens with zero attached hydrogens (tertiary/aromatic N) is 3. The minimum atomic E-state index is -0.211. The molecule has 6 heteroatoms. The standard InChI is InChI=1S/C11H18N4O2/c1-7(12)10-13-14-11(17-10)15-5-6-16-9-4-2-3-8(9)15/h7-9H,2-6,12H2,1H3. The zero-order valence-electron chi connectivity index (χ0n) is 10.0. The van der Waals surface area contributed by atoms with E-state index >= 15 is 0 Å². The molecule has 1 saturated carbocycles. The van der Waals surface area contributed by atoms with Gasteiger partial charge in [0.2, 0.25) is 5.89 Å². The second kappa shape index (κ2) is 4.27. The Kier molecular flexibility index (Phi) is 2.76. The SMILES string of the molecule is CC(N)c1nnc(N2CCOC3CCCC32)o1. The molecule has 3 rings (SSSR count). The first-order valence-electron chi connectivity index (χ1n) is 6.23. The first-order valence-corrected chi connectivity index (χ1v) is 6.23. The molecule has 2 heterocycles. The molecular weight excluding hydrogens is 220 g/mol. The maximum absolute atomic E-state index is 5.75. The van der Waals surface area contributed by atoms with Crippen LogP contribution < -0.4 is 10.6 Å². The lowest BCUT2D eigenvalue weighted by Crippen LogP contribution is -2.48. The van der Waals surface area contributed by atoms with E-state index in [4.69, 9.17) is 14.9 Å². The fourth-order valence-electron chi connectivity index (χ4n) is 2.69. The van der Waals surface area contributed by atoms with Gasteiger partial charge in [0.05, 0.1) is 24.8 Å². The number of fused-ring (bicyclic) bond motifs is 1. The summed E-state index contributed by atoms with van der Waals surface area (Å²) in [5, 5.41) is 8.08. The largest absolute Gasteiger partial charge is 0.406 e. The van der Waals surface area contributed by atoms with E-state index in [1.54, 1.807) is 0 Å². The summed E-state index contributed by atoms with van der Waals surface area (Å²) in [7, 11) is 0. The van der Waals surface area contributed by atoms with Crippen molar-refractivity contribution in [2.24, 2.45) is 5.73 Å². The van der Waals surface area contributed by atoms with E-state index in [9.17, 15) is 0 Å². The molecule has 3 atom stereocenters. The summed E-state index contributed by atoms with van der Waals surface area (Å²) in [6, 6.07) is 0.777. The Hall–Kier alpha value is -1.14. The summed E-state index contributed by atoms with van der Waals surface area (Å²) < 4.78 is 11.4. The molecule has 1 aromatic rings. The molecule has 0 amide bonds. The van der Waals surface area contributed by atoms with E-state index in [1.807, 2.05) is 6.92 Å². The third-order valence-electron chi connectivity index (χ3n) is 3.55. The van der Waals surface area contributed by atoms with Gasteiger partial charge in [0, 0.05) is 6.54 Å². The predicted molar refractivity (Wildman–Crippen MR) is 61.6 cm³/mol. The maximum Gasteiger partial charge on any atom is 0.318 e. The highest BCUT2D eigenvalue weighted by Gasteiger charge is 2.38. The number of hydrogen-bond acceptors (Lipinski definition) is 6. The molecule has 0 bridgehead atoms. The number of rotatable bonds is 2. The number of morpholine rings is 1. The molecule has 6 nitrogen and oxygen atoms in total. The number of nitrogens with two attached hydrogens (primary N) is 1. The van der Waals surface area contributed by atoms with Crippen LogP contribution in [0.25, 0.3) is 0 Å². The van der Waals surface area contributed by atoms with Gasteiger partial charge in [0.1, 0.15) is 0 Å². The topological polar surface area (TPSA) is 77.4 Å². The van der Waals surface area contributed by atoms with Crippen molar-refractivity contribution < 1.29 is 9.15 Å². The van der Waals surface area contributed by atoms with Gasteiger partial charge in [-0.05, 0) is 26.2 Å². The van der Waals surface area contributed by atoms with Gasteiger partial charge in [-0.3, -0.25) is 0 Å². The average Bonchev–Trinajstić information content (AvgIpc) is 2.97. The van der Waals surface area contributed by atoms with Crippen LogP contribution in [0.2, 0.25) is 0 Å². The number of aromatic nitrogens is 2. The zero-order valence-corrected chi connectivity index (χ0v) is 10.0. The van der Waals surface area contributed by atoms with Gasteiger partial charge < -0.3 is 19.8 Å². The van der Waals surface area contributed by atoms with Gasteiger partial charge in [-0.1, -0.05) is 5.10 Å². The molecule has 0 spiro atoms. The summed E-state index contributed by atoms with van der Waals surface area (Å²) in [6.07, 6.45) is 3.81. The van der Waals surface area contributed by atoms with Crippen molar-refractivity contribution in [2.45, 2.75) is 44.4 Å². The summed E-state index contributed by atoms with van der Waals surface area (Å²) in [6.45, 7) is 3.40. The van der Waals surface area contributed by atoms with Crippen LogP contribution in [-0.4, -0.2) is 35.5 Å². The minimum Gasteiger partial charge on any atom is -0.406 e. The highest BCUT2D eigenvalue weighted by molar-refractivity contribution is 5.29. The van der Waals surface area contributed by atoms with Crippen molar-refractivity contribution in [1.29, 1.82) is 0 Å². The molecule has 1 aliphatic heterocycles. The fourth-order valence-corrected chi connectivity index (χ4v) is 2.69. The molecule has 1 saturated heterocycles. The quantitative estimate of drug-likeness (QED) is 0.823. The van der Waals surface area contributed by atoms with Crippen molar-refractivity contribution in [3.63, 3.8) is 0 Å². The lowest BCUT2D eigenvalue weighted by molar-refractivity contribution is 0.0235. The van der Waals surface area contributed by atoms with Crippen molar-refractivity contribution >= 4 is 6.01 Å². The van der Waals surface area contributed by atoms with Gasteiger partial charge >= 0.3 is 6.01 Å². The molecule has 17 heavy (non-hydrogen) atoms. The lowest BCUT2D eigenvalue weighted by atomic mass is 10.1. The first-order chi connectivity index (χ1) is 8.25. The van der Waals surface area contributed by atoms with Gasteiger partial charge in [-0.2, -0.15) is 0 Å². The first kappa shape index (κ1) is 11.0. The Labute approximate surface area is 100 Å². The van der Waals surface area contributed by atoms with Crippen LogP contribution in [0.15, 0.2) is 4.42 Å². The van der Waals surface area contributed by atoms with Crippen LogP contribution in [0.4, 0.5) is 6.01 Å². The Morgan fingerprint density at radius 2 is 2.29 bits per heavy atom. The summed E-state index contributed by atoms with van der Waals surface area (Å²) in [4.78, 5) is 2.18. The van der Waals surface area contributed by atoms with Crippen molar-refractivity contribution in [3.8, 4) is 0 Å². The molecule has 1 aromatic heterocycles. The average molecular weight is 238 g/mol. The Morgan fingerprint density at radius 3 is 3.06 bits per heavy atom. The molecule has 2 fully saturated rings. The van der Waals surface area contributed by atoms with Crippen molar-refractivity contribution in [2.75, 3.05) is 18.1 Å². The van der Waals surface area contributed by atoms with Crippen molar-refractivity contribution in [1.82, 2.24) is 10.2 Å². The predicted octanol–water partition coefficient (Wildman–Crippen LogP) is 0.847. The van der Waals surface area contributed by atoms with E-state index in [0.717, 1.165) is 26.0 Å². The Morgan fingerprint density at radius 1 is 1.41 bits per heavy atom. The summed E-state index contributed by atoms with van der Waals surface area (Å²) in [5.74, 6) is 0.501. The van der Waals surface area contributed by atoms with Crippen LogP contribution in [0, 0.1) is 0 Å². The molecule has 0 radical (unpaired) electrons. The Bertz CT molecular complexity index is 393. The van der Waals surface area contributed by atoms with Gasteiger partial charge in [-0.25, -0.2) is 0 Å². The minimum absolute atomic E-state index is 0.211.